The van der Waals surface area contributed by atoms with Gasteiger partial charge in [-0.15, -0.1) is 0 Å². The number of nitrogens with zero attached hydrogens (tertiary/aromatic N) is 1. The first-order valence-electron chi connectivity index (χ1n) is 6.11. The zero-order valence-electron chi connectivity index (χ0n) is 11.0. The van der Waals surface area contributed by atoms with Crippen molar-refractivity contribution in [3.63, 3.8) is 0 Å². The summed E-state index contributed by atoms with van der Waals surface area (Å²) < 4.78 is 5.37. The summed E-state index contributed by atoms with van der Waals surface area (Å²) in [6.45, 7) is 5.34. The van der Waals surface area contributed by atoms with Crippen LogP contribution >= 0.6 is 0 Å². The molecule has 5 heteroatoms. The maximum Gasteiger partial charge on any atom is 0.221 e. The topological polar surface area (TPSA) is 63.2 Å². The van der Waals surface area contributed by atoms with Crippen LogP contribution in [0.15, 0.2) is 6.20 Å². The van der Waals surface area contributed by atoms with E-state index >= 15 is 0 Å². The molecule has 1 saturated heterocycles. The average molecular weight is 249 g/mol. The van der Waals surface area contributed by atoms with Gasteiger partial charge in [0.1, 0.15) is 5.75 Å². The highest BCUT2D eigenvalue weighted by atomic mass is 16.5. The summed E-state index contributed by atoms with van der Waals surface area (Å²) in [6.07, 6.45) is 2.36. The van der Waals surface area contributed by atoms with E-state index in [0.29, 0.717) is 19.5 Å². The Morgan fingerprint density at radius 1 is 1.56 bits per heavy atom. The summed E-state index contributed by atoms with van der Waals surface area (Å²) >= 11 is 0. The summed E-state index contributed by atoms with van der Waals surface area (Å²) in [4.78, 5) is 15.5. The van der Waals surface area contributed by atoms with Crippen molar-refractivity contribution < 1.29 is 9.53 Å². The van der Waals surface area contributed by atoms with E-state index in [-0.39, 0.29) is 11.9 Å². The summed E-state index contributed by atoms with van der Waals surface area (Å²) in [6, 6.07) is 0.200. The van der Waals surface area contributed by atoms with Crippen LogP contribution in [0, 0.1) is 13.8 Å². The van der Waals surface area contributed by atoms with Crippen LogP contribution in [0.4, 0.5) is 0 Å². The van der Waals surface area contributed by atoms with Crippen molar-refractivity contribution in [2.75, 3.05) is 13.7 Å². The molecule has 0 radical (unpaired) electrons. The maximum atomic E-state index is 11.1. The Hall–Kier alpha value is -1.62. The van der Waals surface area contributed by atoms with Crippen LogP contribution in [0.2, 0.25) is 0 Å². The number of ether oxygens (including phenoxy) is 1. The quantitative estimate of drug-likeness (QED) is 0.824. The van der Waals surface area contributed by atoms with Gasteiger partial charge < -0.3 is 15.4 Å². The minimum Gasteiger partial charge on any atom is -0.496 e. The predicted octanol–water partition coefficient (Wildman–Crippen LogP) is 0.685. The zero-order chi connectivity index (χ0) is 13.1. The minimum atomic E-state index is 0.110. The normalized spacial score (nSPS) is 18.8. The Morgan fingerprint density at radius 3 is 2.94 bits per heavy atom. The van der Waals surface area contributed by atoms with E-state index < -0.39 is 0 Å². The third-order valence-electron chi connectivity index (χ3n) is 3.29. The molecule has 98 valence electrons. The number of methoxy groups -OCH3 is 1. The number of aryl methyl sites for hydroxylation is 1. The molecule has 1 fully saturated rings. The second kappa shape index (κ2) is 5.35. The number of carbonyl (C=O) groups is 1. The fourth-order valence-electron chi connectivity index (χ4n) is 2.24. The molecular formula is C13H19N3O2. The van der Waals surface area contributed by atoms with Crippen molar-refractivity contribution in [1.29, 1.82) is 0 Å². The van der Waals surface area contributed by atoms with Crippen molar-refractivity contribution in [3.05, 3.63) is 23.0 Å². The van der Waals surface area contributed by atoms with Crippen LogP contribution in [-0.4, -0.2) is 30.6 Å². The highest BCUT2D eigenvalue weighted by molar-refractivity contribution is 5.78. The molecule has 1 aliphatic heterocycles. The molecule has 0 saturated carbocycles. The lowest BCUT2D eigenvalue weighted by atomic mass is 10.1. The molecule has 1 atom stereocenters. The van der Waals surface area contributed by atoms with Crippen LogP contribution in [-0.2, 0) is 11.3 Å². The van der Waals surface area contributed by atoms with Crippen molar-refractivity contribution in [2.24, 2.45) is 0 Å². The van der Waals surface area contributed by atoms with Crippen LogP contribution in [0.25, 0.3) is 0 Å². The van der Waals surface area contributed by atoms with Crippen LogP contribution in [0.5, 0.6) is 5.75 Å². The second-order valence-corrected chi connectivity index (χ2v) is 4.63. The Balaban J connectivity index is 2.03. The monoisotopic (exact) mass is 249 g/mol. The number of hydrogen-bond acceptors (Lipinski definition) is 4. The molecule has 5 nitrogen and oxygen atoms in total. The number of amides is 1. The molecule has 1 aliphatic rings. The van der Waals surface area contributed by atoms with E-state index in [9.17, 15) is 4.79 Å². The van der Waals surface area contributed by atoms with Crippen LogP contribution in [0.3, 0.4) is 0 Å². The summed E-state index contributed by atoms with van der Waals surface area (Å²) in [5.74, 6) is 1.00. The Morgan fingerprint density at radius 2 is 2.33 bits per heavy atom. The molecule has 1 aromatic heterocycles. The highest BCUT2D eigenvalue weighted by Gasteiger charge is 2.21. The largest absolute Gasteiger partial charge is 0.496 e. The summed E-state index contributed by atoms with van der Waals surface area (Å²) in [5, 5.41) is 6.14. The third kappa shape index (κ3) is 2.61. The van der Waals surface area contributed by atoms with E-state index in [1.165, 1.54) is 0 Å². The molecule has 1 amide bonds. The molecule has 0 aromatic carbocycles. The first-order valence-corrected chi connectivity index (χ1v) is 6.11. The molecule has 1 unspecified atom stereocenters. The Labute approximate surface area is 107 Å². The molecule has 2 heterocycles. The van der Waals surface area contributed by atoms with Gasteiger partial charge in [-0.2, -0.15) is 0 Å². The lowest BCUT2D eigenvalue weighted by Crippen LogP contribution is -2.31. The molecule has 0 aliphatic carbocycles. The highest BCUT2D eigenvalue weighted by Crippen LogP contribution is 2.23. The summed E-state index contributed by atoms with van der Waals surface area (Å²) in [7, 11) is 1.67. The Kier molecular flexibility index (Phi) is 3.81. The van der Waals surface area contributed by atoms with Gasteiger partial charge in [0.2, 0.25) is 5.91 Å². The number of rotatable bonds is 4. The van der Waals surface area contributed by atoms with E-state index in [1.807, 2.05) is 20.0 Å². The minimum absolute atomic E-state index is 0.110. The van der Waals surface area contributed by atoms with Crippen molar-refractivity contribution in [3.8, 4) is 5.75 Å². The number of carbonyl (C=O) groups excluding carboxylic acids is 1. The standard InChI is InChI=1S/C13H19N3O2/c1-8-5-15-11(9(2)13(8)18-3)7-14-10-4-12(17)16-6-10/h5,10,14H,4,6-7H2,1-3H3,(H,16,17). The van der Waals surface area contributed by atoms with Crippen molar-refractivity contribution in [1.82, 2.24) is 15.6 Å². The fraction of sp³-hybridized carbons (Fsp3) is 0.538. The van der Waals surface area contributed by atoms with E-state index in [4.69, 9.17) is 4.74 Å². The molecule has 1 aromatic rings. The van der Waals surface area contributed by atoms with Gasteiger partial charge in [-0.25, -0.2) is 0 Å². The number of hydrogen-bond donors (Lipinski definition) is 2. The lowest BCUT2D eigenvalue weighted by Gasteiger charge is -2.14. The SMILES string of the molecule is COc1c(C)cnc(CNC2CNC(=O)C2)c1C. The smallest absolute Gasteiger partial charge is 0.221 e. The average Bonchev–Trinajstić information content (AvgIpc) is 2.75. The van der Waals surface area contributed by atoms with Crippen molar-refractivity contribution in [2.45, 2.75) is 32.9 Å². The van der Waals surface area contributed by atoms with E-state index in [2.05, 4.69) is 15.6 Å². The zero-order valence-corrected chi connectivity index (χ0v) is 11.0. The van der Waals surface area contributed by atoms with E-state index in [1.54, 1.807) is 7.11 Å². The number of pyridine rings is 1. The van der Waals surface area contributed by atoms with Gasteiger partial charge in [0.05, 0.1) is 12.8 Å². The van der Waals surface area contributed by atoms with Crippen LogP contribution < -0.4 is 15.4 Å². The first kappa shape index (κ1) is 12.8. The predicted molar refractivity (Wildman–Crippen MR) is 68.5 cm³/mol. The summed E-state index contributed by atoms with van der Waals surface area (Å²) in [5.41, 5.74) is 3.07. The van der Waals surface area contributed by atoms with Crippen molar-refractivity contribution >= 4 is 5.91 Å². The van der Waals surface area contributed by atoms with Gasteiger partial charge in [-0.3, -0.25) is 9.78 Å². The molecule has 0 spiro atoms. The fourth-order valence-corrected chi connectivity index (χ4v) is 2.24. The van der Waals surface area contributed by atoms with Crippen LogP contribution in [0.1, 0.15) is 23.2 Å². The first-order chi connectivity index (χ1) is 8.61. The number of aromatic nitrogens is 1. The van der Waals surface area contributed by atoms with Gasteiger partial charge in [-0.05, 0) is 13.8 Å². The van der Waals surface area contributed by atoms with Gasteiger partial charge in [0, 0.05) is 42.9 Å². The third-order valence-corrected chi connectivity index (χ3v) is 3.29. The number of nitrogens with one attached hydrogen (secondary N) is 2. The molecule has 2 rings (SSSR count). The van der Waals surface area contributed by atoms with Gasteiger partial charge in [-0.1, -0.05) is 0 Å². The molecule has 2 N–H and O–H groups in total. The lowest BCUT2D eigenvalue weighted by molar-refractivity contribution is -0.119. The van der Waals surface area contributed by atoms with Gasteiger partial charge in [0.15, 0.2) is 0 Å². The molecule has 18 heavy (non-hydrogen) atoms. The maximum absolute atomic E-state index is 11.1. The van der Waals surface area contributed by atoms with E-state index in [0.717, 1.165) is 22.6 Å². The Bertz CT molecular complexity index is 460. The van der Waals surface area contributed by atoms with Gasteiger partial charge in [0.25, 0.3) is 0 Å². The molecule has 0 bridgehead atoms. The second-order valence-electron chi connectivity index (χ2n) is 4.63. The van der Waals surface area contributed by atoms with Gasteiger partial charge >= 0.3 is 0 Å². The molecular weight excluding hydrogens is 230 g/mol.